The minimum atomic E-state index is 0.187. The van der Waals surface area contributed by atoms with Crippen molar-refractivity contribution >= 4 is 5.78 Å². The topological polar surface area (TPSA) is 20.3 Å². The van der Waals surface area contributed by atoms with Gasteiger partial charge in [0, 0.05) is 5.56 Å². The fourth-order valence-electron chi connectivity index (χ4n) is 1.62. The summed E-state index contributed by atoms with van der Waals surface area (Å²) in [5.74, 6) is 0.187. The predicted octanol–water partition coefficient (Wildman–Crippen LogP) is 2.77. The molecule has 0 amide bonds. The zero-order chi connectivity index (χ0) is 12.0. The van der Waals surface area contributed by atoms with Crippen molar-refractivity contribution in [3.63, 3.8) is 0 Å². The molecule has 1 rings (SSSR count). The first-order valence-corrected chi connectivity index (χ1v) is 5.90. The van der Waals surface area contributed by atoms with Gasteiger partial charge in [-0.05, 0) is 32.5 Å². The average Bonchev–Trinajstić information content (AvgIpc) is 2.26. The van der Waals surface area contributed by atoms with Gasteiger partial charge in [0.2, 0.25) is 0 Å². The van der Waals surface area contributed by atoms with Crippen LogP contribution in [-0.4, -0.2) is 31.3 Å². The van der Waals surface area contributed by atoms with Gasteiger partial charge in [-0.1, -0.05) is 37.6 Å². The quantitative estimate of drug-likeness (QED) is 0.686. The lowest BCUT2D eigenvalue weighted by Gasteiger charge is -2.08. The molecule has 2 nitrogen and oxygen atoms in total. The highest BCUT2D eigenvalue weighted by atomic mass is 16.1. The molecule has 1 aromatic carbocycles. The standard InChI is InChI=1S/C14H21NO/c1-4-5-6-12-7-9-13(10-8-12)14(16)11-15(2)3/h7-10H,4-6,11H2,1-3H3. The second-order valence-corrected chi connectivity index (χ2v) is 4.46. The van der Waals surface area contributed by atoms with Crippen molar-refractivity contribution in [2.24, 2.45) is 0 Å². The van der Waals surface area contributed by atoms with Crippen LogP contribution in [0.3, 0.4) is 0 Å². The summed E-state index contributed by atoms with van der Waals surface area (Å²) in [5, 5.41) is 0. The highest BCUT2D eigenvalue weighted by Gasteiger charge is 2.06. The average molecular weight is 219 g/mol. The van der Waals surface area contributed by atoms with Crippen molar-refractivity contribution in [1.82, 2.24) is 4.90 Å². The van der Waals surface area contributed by atoms with Crippen molar-refractivity contribution < 1.29 is 4.79 Å². The molecular formula is C14H21NO. The van der Waals surface area contributed by atoms with Crippen molar-refractivity contribution in [2.45, 2.75) is 26.2 Å². The van der Waals surface area contributed by atoms with Gasteiger partial charge in [-0.3, -0.25) is 4.79 Å². The van der Waals surface area contributed by atoms with Crippen LogP contribution >= 0.6 is 0 Å². The molecule has 0 aromatic heterocycles. The Hall–Kier alpha value is -1.15. The molecule has 0 fully saturated rings. The Labute approximate surface area is 98.3 Å². The number of unbranched alkanes of at least 4 members (excludes halogenated alkanes) is 1. The van der Waals surface area contributed by atoms with Crippen LogP contribution in [0.25, 0.3) is 0 Å². The Morgan fingerprint density at radius 2 is 1.81 bits per heavy atom. The molecule has 0 radical (unpaired) electrons. The van der Waals surface area contributed by atoms with Gasteiger partial charge >= 0.3 is 0 Å². The second kappa shape index (κ2) is 6.44. The minimum Gasteiger partial charge on any atom is -0.302 e. The molecule has 0 saturated carbocycles. The van der Waals surface area contributed by atoms with E-state index in [1.807, 2.05) is 31.1 Å². The summed E-state index contributed by atoms with van der Waals surface area (Å²) in [6.07, 6.45) is 3.53. The predicted molar refractivity (Wildman–Crippen MR) is 67.9 cm³/mol. The van der Waals surface area contributed by atoms with E-state index >= 15 is 0 Å². The fraction of sp³-hybridized carbons (Fsp3) is 0.500. The number of carbonyl (C=O) groups excluding carboxylic acids is 1. The third kappa shape index (κ3) is 4.15. The second-order valence-electron chi connectivity index (χ2n) is 4.46. The highest BCUT2D eigenvalue weighted by Crippen LogP contribution is 2.08. The molecule has 0 aliphatic carbocycles. The van der Waals surface area contributed by atoms with E-state index in [2.05, 4.69) is 19.1 Å². The molecule has 0 heterocycles. The molecular weight excluding hydrogens is 198 g/mol. The Balaban J connectivity index is 2.60. The molecule has 0 unspecified atom stereocenters. The van der Waals surface area contributed by atoms with Crippen molar-refractivity contribution in [1.29, 1.82) is 0 Å². The number of ketones is 1. The van der Waals surface area contributed by atoms with E-state index in [0.29, 0.717) is 6.54 Å². The largest absolute Gasteiger partial charge is 0.302 e. The molecule has 1 aromatic rings. The van der Waals surface area contributed by atoms with E-state index in [1.165, 1.54) is 18.4 Å². The lowest BCUT2D eigenvalue weighted by atomic mass is 10.0. The first-order chi connectivity index (χ1) is 7.63. The van der Waals surface area contributed by atoms with Gasteiger partial charge in [-0.2, -0.15) is 0 Å². The molecule has 0 bridgehead atoms. The van der Waals surface area contributed by atoms with Gasteiger partial charge in [-0.15, -0.1) is 0 Å². The number of rotatable bonds is 6. The summed E-state index contributed by atoms with van der Waals surface area (Å²) in [5.41, 5.74) is 2.14. The lowest BCUT2D eigenvalue weighted by Crippen LogP contribution is -2.21. The van der Waals surface area contributed by atoms with E-state index in [-0.39, 0.29) is 5.78 Å². The molecule has 0 aliphatic rings. The van der Waals surface area contributed by atoms with Gasteiger partial charge in [-0.25, -0.2) is 0 Å². The van der Waals surface area contributed by atoms with Crippen LogP contribution in [0.2, 0.25) is 0 Å². The Kier molecular flexibility index (Phi) is 5.20. The number of hydrogen-bond acceptors (Lipinski definition) is 2. The zero-order valence-electron chi connectivity index (χ0n) is 10.5. The Morgan fingerprint density at radius 1 is 1.19 bits per heavy atom. The van der Waals surface area contributed by atoms with E-state index in [1.54, 1.807) is 0 Å². The molecule has 2 heteroatoms. The molecule has 0 atom stereocenters. The molecule has 0 spiro atoms. The SMILES string of the molecule is CCCCc1ccc(C(=O)CN(C)C)cc1. The summed E-state index contributed by atoms with van der Waals surface area (Å²) in [6, 6.07) is 8.02. The number of nitrogens with zero attached hydrogens (tertiary/aromatic N) is 1. The first kappa shape index (κ1) is 12.9. The Morgan fingerprint density at radius 3 is 2.31 bits per heavy atom. The maximum Gasteiger partial charge on any atom is 0.176 e. The number of likely N-dealkylation sites (N-methyl/N-ethyl adjacent to an activating group) is 1. The number of benzene rings is 1. The number of aryl methyl sites for hydroxylation is 1. The zero-order valence-corrected chi connectivity index (χ0v) is 10.5. The van der Waals surface area contributed by atoms with Crippen LogP contribution in [0.1, 0.15) is 35.7 Å². The van der Waals surface area contributed by atoms with Crippen molar-refractivity contribution in [3.05, 3.63) is 35.4 Å². The van der Waals surface area contributed by atoms with E-state index in [9.17, 15) is 4.79 Å². The highest BCUT2D eigenvalue weighted by molar-refractivity contribution is 5.97. The van der Waals surface area contributed by atoms with Crippen LogP contribution in [0.4, 0.5) is 0 Å². The third-order valence-corrected chi connectivity index (χ3v) is 2.55. The van der Waals surface area contributed by atoms with E-state index in [0.717, 1.165) is 12.0 Å². The number of hydrogen-bond donors (Lipinski definition) is 0. The summed E-state index contributed by atoms with van der Waals surface area (Å²) in [6.45, 7) is 2.67. The Bertz CT molecular complexity index is 327. The smallest absolute Gasteiger partial charge is 0.176 e. The van der Waals surface area contributed by atoms with Gasteiger partial charge in [0.15, 0.2) is 5.78 Å². The molecule has 0 aliphatic heterocycles. The summed E-state index contributed by atoms with van der Waals surface area (Å²) in [4.78, 5) is 13.6. The normalized spacial score (nSPS) is 10.8. The summed E-state index contributed by atoms with van der Waals surface area (Å²) >= 11 is 0. The van der Waals surface area contributed by atoms with Crippen LogP contribution in [0.5, 0.6) is 0 Å². The summed E-state index contributed by atoms with van der Waals surface area (Å²) in [7, 11) is 3.82. The third-order valence-electron chi connectivity index (χ3n) is 2.55. The van der Waals surface area contributed by atoms with Crippen molar-refractivity contribution in [2.75, 3.05) is 20.6 Å². The van der Waals surface area contributed by atoms with E-state index in [4.69, 9.17) is 0 Å². The number of carbonyl (C=O) groups is 1. The molecule has 88 valence electrons. The van der Waals surface area contributed by atoms with Crippen LogP contribution < -0.4 is 0 Å². The van der Waals surface area contributed by atoms with E-state index < -0.39 is 0 Å². The van der Waals surface area contributed by atoms with Crippen LogP contribution in [0, 0.1) is 0 Å². The first-order valence-electron chi connectivity index (χ1n) is 5.90. The van der Waals surface area contributed by atoms with Crippen LogP contribution in [-0.2, 0) is 6.42 Å². The molecule has 0 N–H and O–H groups in total. The van der Waals surface area contributed by atoms with Gasteiger partial charge in [0.1, 0.15) is 0 Å². The lowest BCUT2D eigenvalue weighted by molar-refractivity contribution is 0.0958. The van der Waals surface area contributed by atoms with Crippen molar-refractivity contribution in [3.8, 4) is 0 Å². The number of Topliss-reactive ketones (excluding diaryl/α,β-unsaturated/α-hetero) is 1. The summed E-state index contributed by atoms with van der Waals surface area (Å²) < 4.78 is 0. The maximum absolute atomic E-state index is 11.7. The van der Waals surface area contributed by atoms with Gasteiger partial charge in [0.05, 0.1) is 6.54 Å². The monoisotopic (exact) mass is 219 g/mol. The molecule has 16 heavy (non-hydrogen) atoms. The fourth-order valence-corrected chi connectivity index (χ4v) is 1.62. The van der Waals surface area contributed by atoms with Gasteiger partial charge < -0.3 is 4.90 Å². The van der Waals surface area contributed by atoms with Crippen LogP contribution in [0.15, 0.2) is 24.3 Å². The molecule has 0 saturated heterocycles. The minimum absolute atomic E-state index is 0.187. The maximum atomic E-state index is 11.7. The van der Waals surface area contributed by atoms with Gasteiger partial charge in [0.25, 0.3) is 0 Å².